The molecule has 1 heterocycles. The van der Waals surface area contributed by atoms with Gasteiger partial charge in [0.15, 0.2) is 0 Å². The van der Waals surface area contributed by atoms with Gasteiger partial charge in [0.1, 0.15) is 0 Å². The Morgan fingerprint density at radius 2 is 2.00 bits per heavy atom. The summed E-state index contributed by atoms with van der Waals surface area (Å²) in [7, 11) is 0. The first-order valence-electron chi connectivity index (χ1n) is 4.14. The molecule has 1 aromatic heterocycles. The van der Waals surface area contributed by atoms with Crippen LogP contribution in [0.3, 0.4) is 0 Å². The van der Waals surface area contributed by atoms with E-state index in [1.165, 1.54) is 0 Å². The van der Waals surface area contributed by atoms with E-state index in [0.29, 0.717) is 0 Å². The van der Waals surface area contributed by atoms with Crippen molar-refractivity contribution in [2.75, 3.05) is 0 Å². The van der Waals surface area contributed by atoms with E-state index in [0.717, 1.165) is 19.9 Å². The standard InChI is InChI=1S/C11H7ClIN/c12-8-4-5-10(13)9(7-8)11-3-1-2-6-14-11/h1-7H. The predicted molar refractivity (Wildman–Crippen MR) is 67.4 cm³/mol. The maximum absolute atomic E-state index is 5.94. The molecule has 0 amide bonds. The summed E-state index contributed by atoms with van der Waals surface area (Å²) in [6.45, 7) is 0. The van der Waals surface area contributed by atoms with Crippen LogP contribution in [0.2, 0.25) is 5.02 Å². The van der Waals surface area contributed by atoms with Crippen molar-refractivity contribution in [3.05, 3.63) is 51.2 Å². The van der Waals surface area contributed by atoms with Gasteiger partial charge in [-0.1, -0.05) is 17.7 Å². The van der Waals surface area contributed by atoms with E-state index in [4.69, 9.17) is 11.6 Å². The van der Waals surface area contributed by atoms with Gasteiger partial charge in [0.2, 0.25) is 0 Å². The fraction of sp³-hybridized carbons (Fsp3) is 0. The molecule has 0 spiro atoms. The number of hydrogen-bond acceptors (Lipinski definition) is 1. The predicted octanol–water partition coefficient (Wildman–Crippen LogP) is 4.01. The Balaban J connectivity index is 2.57. The number of benzene rings is 1. The van der Waals surface area contributed by atoms with Gasteiger partial charge in [0.25, 0.3) is 0 Å². The molecule has 0 aliphatic carbocycles. The summed E-state index contributed by atoms with van der Waals surface area (Å²) in [6, 6.07) is 11.7. The van der Waals surface area contributed by atoms with Gasteiger partial charge in [0.05, 0.1) is 5.69 Å². The van der Waals surface area contributed by atoms with Crippen molar-refractivity contribution in [2.45, 2.75) is 0 Å². The molecule has 2 aromatic rings. The maximum atomic E-state index is 5.94. The first-order valence-corrected chi connectivity index (χ1v) is 5.59. The van der Waals surface area contributed by atoms with Crippen molar-refractivity contribution in [1.29, 1.82) is 0 Å². The second kappa shape index (κ2) is 4.28. The Kier molecular flexibility index (Phi) is 3.03. The fourth-order valence-corrected chi connectivity index (χ4v) is 2.00. The number of halogens is 2. The molecule has 14 heavy (non-hydrogen) atoms. The highest BCUT2D eigenvalue weighted by Crippen LogP contribution is 2.26. The number of pyridine rings is 1. The third kappa shape index (κ3) is 2.07. The SMILES string of the molecule is Clc1ccc(I)c(-c2ccccn2)c1. The molecule has 0 saturated carbocycles. The molecule has 0 atom stereocenters. The molecule has 0 radical (unpaired) electrons. The van der Waals surface area contributed by atoms with Gasteiger partial charge in [0, 0.05) is 20.4 Å². The summed E-state index contributed by atoms with van der Waals surface area (Å²) in [5, 5.41) is 0.742. The summed E-state index contributed by atoms with van der Waals surface area (Å²) in [4.78, 5) is 4.29. The Bertz CT molecular complexity index is 442. The summed E-state index contributed by atoms with van der Waals surface area (Å²) in [5.74, 6) is 0. The van der Waals surface area contributed by atoms with Gasteiger partial charge >= 0.3 is 0 Å². The average Bonchev–Trinajstić information content (AvgIpc) is 2.23. The lowest BCUT2D eigenvalue weighted by molar-refractivity contribution is 1.32. The van der Waals surface area contributed by atoms with Crippen molar-refractivity contribution in [3.8, 4) is 11.3 Å². The van der Waals surface area contributed by atoms with Crippen molar-refractivity contribution < 1.29 is 0 Å². The minimum Gasteiger partial charge on any atom is -0.256 e. The maximum Gasteiger partial charge on any atom is 0.0713 e. The molecule has 2 rings (SSSR count). The first-order chi connectivity index (χ1) is 6.77. The highest BCUT2D eigenvalue weighted by atomic mass is 127. The van der Waals surface area contributed by atoms with Crippen LogP contribution in [0, 0.1) is 3.57 Å². The minimum absolute atomic E-state index is 0.742. The van der Waals surface area contributed by atoms with E-state index in [2.05, 4.69) is 27.6 Å². The zero-order chi connectivity index (χ0) is 9.97. The zero-order valence-corrected chi connectivity index (χ0v) is 10.2. The molecule has 0 aliphatic heterocycles. The summed E-state index contributed by atoms with van der Waals surface area (Å²) >= 11 is 8.22. The summed E-state index contributed by atoms with van der Waals surface area (Å²) < 4.78 is 1.16. The van der Waals surface area contributed by atoms with E-state index >= 15 is 0 Å². The molecule has 0 bridgehead atoms. The lowest BCUT2D eigenvalue weighted by Crippen LogP contribution is -1.85. The van der Waals surface area contributed by atoms with Crippen molar-refractivity contribution in [2.24, 2.45) is 0 Å². The topological polar surface area (TPSA) is 12.9 Å². The van der Waals surface area contributed by atoms with E-state index in [1.54, 1.807) is 6.20 Å². The lowest BCUT2D eigenvalue weighted by Gasteiger charge is -2.03. The monoisotopic (exact) mass is 315 g/mol. The van der Waals surface area contributed by atoms with E-state index in [-0.39, 0.29) is 0 Å². The second-order valence-electron chi connectivity index (χ2n) is 2.84. The fourth-order valence-electron chi connectivity index (χ4n) is 1.22. The van der Waals surface area contributed by atoms with Crippen molar-refractivity contribution in [1.82, 2.24) is 4.98 Å². The lowest BCUT2D eigenvalue weighted by atomic mass is 10.1. The Morgan fingerprint density at radius 1 is 1.14 bits per heavy atom. The van der Waals surface area contributed by atoms with Crippen molar-refractivity contribution >= 4 is 34.2 Å². The number of hydrogen-bond donors (Lipinski definition) is 0. The molecule has 70 valence electrons. The van der Waals surface area contributed by atoms with E-state index in [1.807, 2.05) is 36.4 Å². The van der Waals surface area contributed by atoms with Crippen LogP contribution in [0.25, 0.3) is 11.3 Å². The van der Waals surface area contributed by atoms with Crippen LogP contribution in [0.15, 0.2) is 42.6 Å². The second-order valence-corrected chi connectivity index (χ2v) is 4.44. The zero-order valence-electron chi connectivity index (χ0n) is 7.24. The van der Waals surface area contributed by atoms with Gasteiger partial charge in [-0.15, -0.1) is 0 Å². The molecule has 0 saturated heterocycles. The molecule has 0 N–H and O–H groups in total. The van der Waals surface area contributed by atoms with Gasteiger partial charge in [-0.25, -0.2) is 0 Å². The molecular formula is C11H7ClIN. The average molecular weight is 316 g/mol. The molecule has 1 aromatic carbocycles. The highest BCUT2D eigenvalue weighted by Gasteiger charge is 2.03. The van der Waals surface area contributed by atoms with Crippen LogP contribution in [-0.2, 0) is 0 Å². The Labute approximate surface area is 101 Å². The van der Waals surface area contributed by atoms with Crippen LogP contribution < -0.4 is 0 Å². The van der Waals surface area contributed by atoms with Crippen molar-refractivity contribution in [3.63, 3.8) is 0 Å². The van der Waals surface area contributed by atoms with Crippen LogP contribution in [0.1, 0.15) is 0 Å². The third-order valence-electron chi connectivity index (χ3n) is 1.87. The van der Waals surface area contributed by atoms with Crippen LogP contribution in [0.5, 0.6) is 0 Å². The first kappa shape index (κ1) is 9.93. The van der Waals surface area contributed by atoms with Gasteiger partial charge in [-0.3, -0.25) is 4.98 Å². The van der Waals surface area contributed by atoms with Gasteiger partial charge < -0.3 is 0 Å². The molecule has 0 fully saturated rings. The smallest absolute Gasteiger partial charge is 0.0713 e. The van der Waals surface area contributed by atoms with Crippen LogP contribution >= 0.6 is 34.2 Å². The van der Waals surface area contributed by atoms with E-state index in [9.17, 15) is 0 Å². The number of nitrogens with zero attached hydrogens (tertiary/aromatic N) is 1. The van der Waals surface area contributed by atoms with Crippen LogP contribution in [-0.4, -0.2) is 4.98 Å². The molecule has 3 heteroatoms. The largest absolute Gasteiger partial charge is 0.256 e. The summed E-state index contributed by atoms with van der Waals surface area (Å²) in [5.41, 5.74) is 2.04. The van der Waals surface area contributed by atoms with Gasteiger partial charge in [-0.05, 0) is 52.9 Å². The molecule has 0 unspecified atom stereocenters. The Hall–Kier alpha value is -0.610. The molecular weight excluding hydrogens is 308 g/mol. The van der Waals surface area contributed by atoms with Crippen LogP contribution in [0.4, 0.5) is 0 Å². The van der Waals surface area contributed by atoms with Gasteiger partial charge in [-0.2, -0.15) is 0 Å². The summed E-state index contributed by atoms with van der Waals surface area (Å²) in [6.07, 6.45) is 1.78. The third-order valence-corrected chi connectivity index (χ3v) is 3.05. The highest BCUT2D eigenvalue weighted by molar-refractivity contribution is 14.1. The number of aromatic nitrogens is 1. The quantitative estimate of drug-likeness (QED) is 0.725. The normalized spacial score (nSPS) is 10.1. The minimum atomic E-state index is 0.742. The molecule has 1 nitrogen and oxygen atoms in total. The number of rotatable bonds is 1. The molecule has 0 aliphatic rings. The Morgan fingerprint density at radius 3 is 2.71 bits per heavy atom. The van der Waals surface area contributed by atoms with E-state index < -0.39 is 0 Å².